The van der Waals surface area contributed by atoms with Crippen LogP contribution in [0.25, 0.3) is 11.3 Å². The van der Waals surface area contributed by atoms with E-state index in [1.807, 2.05) is 54.7 Å². The van der Waals surface area contributed by atoms with Crippen LogP contribution in [0, 0.1) is 10.7 Å². The number of aromatic nitrogens is 3. The van der Waals surface area contributed by atoms with Crippen molar-refractivity contribution in [2.45, 2.75) is 11.4 Å². The Bertz CT molecular complexity index is 821. The van der Waals surface area contributed by atoms with Crippen molar-refractivity contribution in [3.05, 3.63) is 64.8 Å². The third kappa shape index (κ3) is 3.56. The molecule has 0 unspecified atom stereocenters. The summed E-state index contributed by atoms with van der Waals surface area (Å²) in [5.41, 5.74) is 2.96. The van der Waals surface area contributed by atoms with Crippen LogP contribution in [0.15, 0.2) is 64.1 Å². The molecule has 0 aliphatic carbocycles. The second kappa shape index (κ2) is 6.77. The van der Waals surface area contributed by atoms with Crippen molar-refractivity contribution in [3.63, 3.8) is 0 Å². The fraction of sp³-hybridized carbons (Fsp3) is 0.0625. The van der Waals surface area contributed by atoms with Gasteiger partial charge in [0.1, 0.15) is 11.1 Å². The number of hydrogen-bond donors (Lipinski definition) is 0. The molecule has 0 spiro atoms. The van der Waals surface area contributed by atoms with Gasteiger partial charge in [-0.3, -0.25) is 0 Å². The molecule has 6 heteroatoms. The van der Waals surface area contributed by atoms with Gasteiger partial charge in [-0.2, -0.15) is 5.26 Å². The Balaban J connectivity index is 1.78. The third-order valence-corrected chi connectivity index (χ3v) is 4.19. The van der Waals surface area contributed by atoms with Gasteiger partial charge in [-0.1, -0.05) is 45.4 Å². The minimum absolute atomic E-state index is 0.628. The zero-order chi connectivity index (χ0) is 15.4. The van der Waals surface area contributed by atoms with Crippen LogP contribution in [0.5, 0.6) is 0 Å². The second-order valence-electron chi connectivity index (χ2n) is 4.65. The summed E-state index contributed by atoms with van der Waals surface area (Å²) < 4.78 is 2.84. The molecule has 3 rings (SSSR count). The molecule has 0 fully saturated rings. The fourth-order valence-electron chi connectivity index (χ4n) is 2.08. The van der Waals surface area contributed by atoms with Gasteiger partial charge in [-0.15, -0.1) is 5.10 Å². The van der Waals surface area contributed by atoms with E-state index in [2.05, 4.69) is 31.6 Å². The minimum Gasteiger partial charge on any atom is -0.247 e. The summed E-state index contributed by atoms with van der Waals surface area (Å²) >= 11 is 4.58. The normalized spacial score (nSPS) is 10.4. The van der Waals surface area contributed by atoms with Gasteiger partial charge in [0.15, 0.2) is 0 Å². The fourth-order valence-corrected chi connectivity index (χ4v) is 2.80. The van der Waals surface area contributed by atoms with Gasteiger partial charge in [0.2, 0.25) is 0 Å². The average Bonchev–Trinajstić information content (AvgIpc) is 2.97. The SMILES string of the molecule is N#CSc1cccc(Cn2cc(-c3ccc(Br)cc3)nn2)c1. The largest absolute Gasteiger partial charge is 0.247 e. The van der Waals surface area contributed by atoms with Crippen LogP contribution >= 0.6 is 27.7 Å². The zero-order valence-corrected chi connectivity index (χ0v) is 13.9. The van der Waals surface area contributed by atoms with Crippen LogP contribution in [0.4, 0.5) is 0 Å². The van der Waals surface area contributed by atoms with E-state index in [4.69, 9.17) is 5.26 Å². The molecule has 3 aromatic rings. The van der Waals surface area contributed by atoms with Crippen LogP contribution in [0.1, 0.15) is 5.56 Å². The number of halogens is 1. The lowest BCUT2D eigenvalue weighted by molar-refractivity contribution is 0.649. The van der Waals surface area contributed by atoms with Crippen molar-refractivity contribution >= 4 is 27.7 Å². The summed E-state index contributed by atoms with van der Waals surface area (Å²) in [5, 5.41) is 19.2. The van der Waals surface area contributed by atoms with Gasteiger partial charge in [0.25, 0.3) is 0 Å². The van der Waals surface area contributed by atoms with Crippen LogP contribution in [0.2, 0.25) is 0 Å². The molecule has 1 heterocycles. The Morgan fingerprint density at radius 1 is 1.18 bits per heavy atom. The van der Waals surface area contributed by atoms with Crippen molar-refractivity contribution in [2.75, 3.05) is 0 Å². The van der Waals surface area contributed by atoms with Gasteiger partial charge >= 0.3 is 0 Å². The molecule has 0 aliphatic heterocycles. The first-order valence-corrected chi connectivity index (χ1v) is 8.16. The van der Waals surface area contributed by atoms with Crippen LogP contribution in [-0.4, -0.2) is 15.0 Å². The topological polar surface area (TPSA) is 54.5 Å². The summed E-state index contributed by atoms with van der Waals surface area (Å²) in [4.78, 5) is 0.938. The standard InChI is InChI=1S/C16H11BrN4S/c17-14-6-4-13(5-7-14)16-10-21(20-19-16)9-12-2-1-3-15(8-12)22-11-18/h1-8,10H,9H2. The highest BCUT2D eigenvalue weighted by atomic mass is 79.9. The van der Waals surface area contributed by atoms with Crippen molar-refractivity contribution < 1.29 is 0 Å². The van der Waals surface area contributed by atoms with Gasteiger partial charge in [-0.05, 0) is 41.6 Å². The zero-order valence-electron chi connectivity index (χ0n) is 11.5. The number of nitrogens with zero attached hydrogens (tertiary/aromatic N) is 4. The van der Waals surface area contributed by atoms with E-state index in [0.717, 1.165) is 38.0 Å². The van der Waals surface area contributed by atoms with Crippen molar-refractivity contribution in [1.29, 1.82) is 5.26 Å². The molecule has 0 aliphatic rings. The van der Waals surface area contributed by atoms with Crippen LogP contribution in [0.3, 0.4) is 0 Å². The minimum atomic E-state index is 0.628. The highest BCUT2D eigenvalue weighted by Crippen LogP contribution is 2.21. The Morgan fingerprint density at radius 3 is 2.77 bits per heavy atom. The van der Waals surface area contributed by atoms with Gasteiger partial charge in [0.05, 0.1) is 12.7 Å². The highest BCUT2D eigenvalue weighted by Gasteiger charge is 2.05. The van der Waals surface area contributed by atoms with E-state index < -0.39 is 0 Å². The van der Waals surface area contributed by atoms with Gasteiger partial charge in [-0.25, -0.2) is 4.68 Å². The molecule has 108 valence electrons. The molecule has 4 nitrogen and oxygen atoms in total. The number of hydrogen-bond acceptors (Lipinski definition) is 4. The molecule has 0 atom stereocenters. The Labute approximate surface area is 140 Å². The van der Waals surface area contributed by atoms with E-state index in [0.29, 0.717) is 6.54 Å². The van der Waals surface area contributed by atoms with E-state index in [-0.39, 0.29) is 0 Å². The molecule has 2 aromatic carbocycles. The van der Waals surface area contributed by atoms with Crippen LogP contribution in [-0.2, 0) is 6.54 Å². The Kier molecular flexibility index (Phi) is 4.56. The van der Waals surface area contributed by atoms with Gasteiger partial charge < -0.3 is 0 Å². The summed E-state index contributed by atoms with van der Waals surface area (Å²) in [7, 11) is 0. The van der Waals surface area contributed by atoms with Crippen molar-refractivity contribution in [2.24, 2.45) is 0 Å². The lowest BCUT2D eigenvalue weighted by Gasteiger charge is -2.02. The highest BCUT2D eigenvalue weighted by molar-refractivity contribution is 9.10. The first-order chi connectivity index (χ1) is 10.7. The van der Waals surface area contributed by atoms with E-state index in [9.17, 15) is 0 Å². The van der Waals surface area contributed by atoms with E-state index in [1.165, 1.54) is 0 Å². The summed E-state index contributed by atoms with van der Waals surface area (Å²) in [6.45, 7) is 0.628. The molecule has 0 saturated carbocycles. The van der Waals surface area contributed by atoms with Crippen LogP contribution < -0.4 is 0 Å². The first kappa shape index (κ1) is 14.8. The molecule has 0 bridgehead atoms. The number of rotatable bonds is 4. The number of benzene rings is 2. The van der Waals surface area contributed by atoms with Crippen molar-refractivity contribution in [1.82, 2.24) is 15.0 Å². The molecule has 1 aromatic heterocycles. The molecular weight excluding hydrogens is 360 g/mol. The Morgan fingerprint density at radius 2 is 2.00 bits per heavy atom. The number of thiocyanates is 1. The average molecular weight is 371 g/mol. The summed E-state index contributed by atoms with van der Waals surface area (Å²) in [6.07, 6.45) is 1.92. The monoisotopic (exact) mass is 370 g/mol. The van der Waals surface area contributed by atoms with E-state index in [1.54, 1.807) is 4.68 Å². The maximum atomic E-state index is 8.73. The van der Waals surface area contributed by atoms with Crippen molar-refractivity contribution in [3.8, 4) is 16.7 Å². The molecule has 0 saturated heterocycles. The van der Waals surface area contributed by atoms with Gasteiger partial charge in [0, 0.05) is 14.9 Å². The molecule has 22 heavy (non-hydrogen) atoms. The summed E-state index contributed by atoms with van der Waals surface area (Å²) in [6, 6.07) is 15.9. The maximum absolute atomic E-state index is 8.73. The Hall–Kier alpha value is -2.10. The molecule has 0 N–H and O–H groups in total. The predicted octanol–water partition coefficient (Wildman–Crippen LogP) is 4.33. The number of thioether (sulfide) groups is 1. The smallest absolute Gasteiger partial charge is 0.138 e. The number of nitriles is 1. The quantitative estimate of drug-likeness (QED) is 0.506. The lowest BCUT2D eigenvalue weighted by Crippen LogP contribution is -2.00. The van der Waals surface area contributed by atoms with E-state index >= 15 is 0 Å². The second-order valence-corrected chi connectivity index (χ2v) is 6.42. The molecule has 0 amide bonds. The summed E-state index contributed by atoms with van der Waals surface area (Å²) in [5.74, 6) is 0. The molecule has 0 radical (unpaired) electrons. The lowest BCUT2D eigenvalue weighted by atomic mass is 10.2. The molecular formula is C16H11BrN4S. The first-order valence-electron chi connectivity index (χ1n) is 6.55. The third-order valence-electron chi connectivity index (χ3n) is 3.09. The maximum Gasteiger partial charge on any atom is 0.138 e. The predicted molar refractivity (Wildman–Crippen MR) is 90.2 cm³/mol.